The van der Waals surface area contributed by atoms with Crippen molar-refractivity contribution in [2.75, 3.05) is 32.8 Å². The lowest BCUT2D eigenvalue weighted by atomic mass is 10.1. The second kappa shape index (κ2) is 11.4. The molecule has 1 aromatic rings. The first kappa shape index (κ1) is 18.9. The Morgan fingerprint density at radius 1 is 1.50 bits per heavy atom. The Morgan fingerprint density at radius 2 is 2.27 bits per heavy atom. The minimum atomic E-state index is -0.367. The zero-order valence-corrected chi connectivity index (χ0v) is 13.7. The SMILES string of the molecule is CCCC(=O)NCC1CNCCOC1.Fc1ccccc1Cl. The van der Waals surface area contributed by atoms with Crippen LogP contribution in [0.5, 0.6) is 0 Å². The first-order chi connectivity index (χ1) is 10.6. The van der Waals surface area contributed by atoms with Crippen LogP contribution in [0.15, 0.2) is 24.3 Å². The van der Waals surface area contributed by atoms with E-state index in [-0.39, 0.29) is 16.7 Å². The molecule has 0 aromatic heterocycles. The fourth-order valence-corrected chi connectivity index (χ4v) is 2.04. The van der Waals surface area contributed by atoms with Gasteiger partial charge < -0.3 is 15.4 Å². The van der Waals surface area contributed by atoms with Gasteiger partial charge in [0.25, 0.3) is 0 Å². The molecule has 22 heavy (non-hydrogen) atoms. The number of carbonyl (C=O) groups excluding carboxylic acids is 1. The Bertz CT molecular complexity index is 417. The average Bonchev–Trinajstić information content (AvgIpc) is 2.78. The maximum absolute atomic E-state index is 12.2. The maximum Gasteiger partial charge on any atom is 0.219 e. The molecule has 1 aliphatic heterocycles. The summed E-state index contributed by atoms with van der Waals surface area (Å²) in [6.07, 6.45) is 1.53. The van der Waals surface area contributed by atoms with Crippen molar-refractivity contribution in [1.82, 2.24) is 10.6 Å². The molecule has 1 unspecified atom stereocenters. The Hall–Kier alpha value is -1.17. The van der Waals surface area contributed by atoms with E-state index in [1.807, 2.05) is 6.92 Å². The molecule has 2 rings (SSSR count). The van der Waals surface area contributed by atoms with Crippen LogP contribution in [0.25, 0.3) is 0 Å². The summed E-state index contributed by atoms with van der Waals surface area (Å²) in [6, 6.07) is 6.12. The molecule has 0 bridgehead atoms. The van der Waals surface area contributed by atoms with Gasteiger partial charge in [-0.15, -0.1) is 0 Å². The molecule has 6 heteroatoms. The van der Waals surface area contributed by atoms with Crippen molar-refractivity contribution in [2.24, 2.45) is 5.92 Å². The summed E-state index contributed by atoms with van der Waals surface area (Å²) >= 11 is 5.33. The molecular weight excluding hydrogens is 307 g/mol. The minimum absolute atomic E-state index is 0.150. The highest BCUT2D eigenvalue weighted by Crippen LogP contribution is 2.11. The summed E-state index contributed by atoms with van der Waals surface area (Å²) in [5.41, 5.74) is 0. The quantitative estimate of drug-likeness (QED) is 0.892. The van der Waals surface area contributed by atoms with E-state index in [0.717, 1.165) is 39.3 Å². The van der Waals surface area contributed by atoms with Crippen LogP contribution in [0.1, 0.15) is 19.8 Å². The normalized spacial score (nSPS) is 17.9. The van der Waals surface area contributed by atoms with Gasteiger partial charge >= 0.3 is 0 Å². The van der Waals surface area contributed by atoms with Gasteiger partial charge in [0.1, 0.15) is 5.82 Å². The van der Waals surface area contributed by atoms with E-state index in [0.29, 0.717) is 12.3 Å². The minimum Gasteiger partial charge on any atom is -0.380 e. The van der Waals surface area contributed by atoms with E-state index >= 15 is 0 Å². The van der Waals surface area contributed by atoms with Gasteiger partial charge in [-0.25, -0.2) is 4.39 Å². The average molecular weight is 331 g/mol. The zero-order chi connectivity index (χ0) is 16.2. The summed E-state index contributed by atoms with van der Waals surface area (Å²) in [5.74, 6) is 0.198. The van der Waals surface area contributed by atoms with Crippen LogP contribution in [0.2, 0.25) is 5.02 Å². The van der Waals surface area contributed by atoms with Gasteiger partial charge in [-0.3, -0.25) is 4.79 Å². The monoisotopic (exact) mass is 330 g/mol. The number of hydrogen-bond acceptors (Lipinski definition) is 3. The molecule has 1 atom stereocenters. The van der Waals surface area contributed by atoms with Crippen molar-refractivity contribution in [3.63, 3.8) is 0 Å². The topological polar surface area (TPSA) is 50.4 Å². The number of hydrogen-bond donors (Lipinski definition) is 2. The van der Waals surface area contributed by atoms with E-state index in [1.54, 1.807) is 12.1 Å². The molecule has 1 aromatic carbocycles. The number of amides is 1. The maximum atomic E-state index is 12.2. The fraction of sp³-hybridized carbons (Fsp3) is 0.562. The number of carbonyl (C=O) groups is 1. The molecule has 2 N–H and O–H groups in total. The Labute approximate surface area is 136 Å². The number of ether oxygens (including phenoxy) is 1. The standard InChI is InChI=1S/C10H20N2O2.C6H4ClF/c1-2-3-10(13)12-7-9-6-11-4-5-14-8-9;7-5-3-1-2-4-6(5)8/h9,11H,2-8H2,1H3,(H,12,13);1-4H. The second-order valence-electron chi connectivity index (χ2n) is 5.11. The van der Waals surface area contributed by atoms with Crippen molar-refractivity contribution in [2.45, 2.75) is 19.8 Å². The third kappa shape index (κ3) is 8.32. The second-order valence-corrected chi connectivity index (χ2v) is 5.52. The van der Waals surface area contributed by atoms with Crippen molar-refractivity contribution < 1.29 is 13.9 Å². The number of halogens is 2. The van der Waals surface area contributed by atoms with Gasteiger partial charge in [-0.1, -0.05) is 30.7 Å². The molecule has 1 heterocycles. The molecule has 124 valence electrons. The predicted octanol–water partition coefficient (Wildman–Crippen LogP) is 2.62. The highest BCUT2D eigenvalue weighted by atomic mass is 35.5. The van der Waals surface area contributed by atoms with Crippen LogP contribution in [0.3, 0.4) is 0 Å². The predicted molar refractivity (Wildman–Crippen MR) is 86.5 cm³/mol. The lowest BCUT2D eigenvalue weighted by Crippen LogP contribution is -2.35. The highest BCUT2D eigenvalue weighted by Gasteiger charge is 2.12. The summed E-state index contributed by atoms with van der Waals surface area (Å²) in [7, 11) is 0. The number of nitrogens with one attached hydrogen (secondary N) is 2. The van der Waals surface area contributed by atoms with Crippen molar-refractivity contribution in [1.29, 1.82) is 0 Å². The molecule has 1 aliphatic rings. The Morgan fingerprint density at radius 3 is 2.91 bits per heavy atom. The van der Waals surface area contributed by atoms with Crippen LogP contribution >= 0.6 is 11.6 Å². The molecule has 4 nitrogen and oxygen atoms in total. The zero-order valence-electron chi connectivity index (χ0n) is 12.9. The third-order valence-electron chi connectivity index (χ3n) is 3.10. The van der Waals surface area contributed by atoms with Crippen molar-refractivity contribution in [3.8, 4) is 0 Å². The molecule has 0 radical (unpaired) electrons. The van der Waals surface area contributed by atoms with Crippen LogP contribution in [-0.2, 0) is 9.53 Å². The van der Waals surface area contributed by atoms with E-state index in [1.165, 1.54) is 12.1 Å². The van der Waals surface area contributed by atoms with E-state index in [2.05, 4.69) is 10.6 Å². The molecule has 1 fully saturated rings. The summed E-state index contributed by atoms with van der Waals surface area (Å²) in [5, 5.41) is 6.37. The van der Waals surface area contributed by atoms with Gasteiger partial charge in [-0.2, -0.15) is 0 Å². The van der Waals surface area contributed by atoms with Gasteiger partial charge in [0.2, 0.25) is 5.91 Å². The highest BCUT2D eigenvalue weighted by molar-refractivity contribution is 6.30. The smallest absolute Gasteiger partial charge is 0.219 e. The first-order valence-corrected chi connectivity index (χ1v) is 7.96. The van der Waals surface area contributed by atoms with Crippen molar-refractivity contribution in [3.05, 3.63) is 35.1 Å². The largest absolute Gasteiger partial charge is 0.380 e. The third-order valence-corrected chi connectivity index (χ3v) is 3.41. The van der Waals surface area contributed by atoms with Gasteiger partial charge in [0.05, 0.1) is 18.2 Å². The number of benzene rings is 1. The molecule has 0 spiro atoms. The van der Waals surface area contributed by atoms with Gasteiger partial charge in [0, 0.05) is 32.0 Å². The number of rotatable bonds is 4. The molecule has 1 amide bonds. The Balaban J connectivity index is 0.000000255. The summed E-state index contributed by atoms with van der Waals surface area (Å²) < 4.78 is 17.6. The van der Waals surface area contributed by atoms with E-state index < -0.39 is 0 Å². The van der Waals surface area contributed by atoms with E-state index in [9.17, 15) is 9.18 Å². The Kier molecular flexibility index (Phi) is 9.79. The van der Waals surface area contributed by atoms with Gasteiger partial charge in [-0.05, 0) is 18.6 Å². The molecular formula is C16H24ClFN2O2. The van der Waals surface area contributed by atoms with Crippen molar-refractivity contribution >= 4 is 17.5 Å². The van der Waals surface area contributed by atoms with Crippen LogP contribution in [0, 0.1) is 11.7 Å². The van der Waals surface area contributed by atoms with Crippen LogP contribution < -0.4 is 10.6 Å². The van der Waals surface area contributed by atoms with E-state index in [4.69, 9.17) is 16.3 Å². The summed E-state index contributed by atoms with van der Waals surface area (Å²) in [4.78, 5) is 11.2. The van der Waals surface area contributed by atoms with Gasteiger partial charge in [0.15, 0.2) is 0 Å². The first-order valence-electron chi connectivity index (χ1n) is 7.58. The molecule has 0 saturated carbocycles. The lowest BCUT2D eigenvalue weighted by Gasteiger charge is -2.14. The van der Waals surface area contributed by atoms with Crippen LogP contribution in [-0.4, -0.2) is 38.8 Å². The lowest BCUT2D eigenvalue weighted by molar-refractivity contribution is -0.121. The molecule has 1 saturated heterocycles. The summed E-state index contributed by atoms with van der Waals surface area (Å²) in [6.45, 7) is 6.12. The fourth-order valence-electron chi connectivity index (χ4n) is 1.90. The molecule has 0 aliphatic carbocycles. The van der Waals surface area contributed by atoms with Crippen LogP contribution in [0.4, 0.5) is 4.39 Å².